The molecule has 0 atom stereocenters. The number of aryl methyl sites for hydroxylation is 1. The van der Waals surface area contributed by atoms with Crippen LogP contribution in [0.4, 0.5) is 5.69 Å². The van der Waals surface area contributed by atoms with E-state index in [4.69, 9.17) is 9.78 Å². The van der Waals surface area contributed by atoms with Gasteiger partial charge in [-0.3, -0.25) is 0 Å². The highest BCUT2D eigenvalue weighted by Gasteiger charge is 2.03. The zero-order valence-electron chi connectivity index (χ0n) is 9.20. The number of aromatic nitrogens is 1. The van der Waals surface area contributed by atoms with E-state index in [0.29, 0.717) is 12.1 Å². The summed E-state index contributed by atoms with van der Waals surface area (Å²) in [5, 5.41) is 15.8. The molecule has 2 rings (SSSR count). The van der Waals surface area contributed by atoms with Crippen molar-refractivity contribution in [2.24, 2.45) is 0 Å². The van der Waals surface area contributed by atoms with Crippen LogP contribution in [0.25, 0.3) is 0 Å². The molecule has 0 fully saturated rings. The SMILES string of the molecule is Cc1cc(CNc2ccc(C#N)c(Br)c2)on1. The molecule has 0 aliphatic heterocycles. The first kappa shape index (κ1) is 11.7. The number of hydrogen-bond acceptors (Lipinski definition) is 4. The maximum Gasteiger partial charge on any atom is 0.156 e. The number of halogens is 1. The van der Waals surface area contributed by atoms with Crippen molar-refractivity contribution in [3.8, 4) is 6.07 Å². The molecule has 0 aliphatic rings. The second-order valence-electron chi connectivity index (χ2n) is 3.59. The molecule has 5 heteroatoms. The molecule has 4 nitrogen and oxygen atoms in total. The van der Waals surface area contributed by atoms with Crippen LogP contribution in [0.2, 0.25) is 0 Å². The Morgan fingerprint density at radius 2 is 2.29 bits per heavy atom. The molecule has 86 valence electrons. The third kappa shape index (κ3) is 2.86. The first-order valence-corrected chi connectivity index (χ1v) is 5.84. The van der Waals surface area contributed by atoms with E-state index in [0.717, 1.165) is 21.6 Å². The average molecular weight is 292 g/mol. The van der Waals surface area contributed by atoms with Crippen molar-refractivity contribution in [2.75, 3.05) is 5.32 Å². The third-order valence-electron chi connectivity index (χ3n) is 2.23. The lowest BCUT2D eigenvalue weighted by atomic mass is 10.2. The highest BCUT2D eigenvalue weighted by atomic mass is 79.9. The van der Waals surface area contributed by atoms with Crippen molar-refractivity contribution >= 4 is 21.6 Å². The Balaban J connectivity index is 2.05. The Morgan fingerprint density at radius 3 is 2.88 bits per heavy atom. The van der Waals surface area contributed by atoms with E-state index in [1.165, 1.54) is 0 Å². The number of rotatable bonds is 3. The van der Waals surface area contributed by atoms with Gasteiger partial charge in [0.25, 0.3) is 0 Å². The van der Waals surface area contributed by atoms with Gasteiger partial charge in [-0.1, -0.05) is 5.16 Å². The van der Waals surface area contributed by atoms with Crippen molar-refractivity contribution in [3.63, 3.8) is 0 Å². The van der Waals surface area contributed by atoms with E-state index >= 15 is 0 Å². The zero-order valence-corrected chi connectivity index (χ0v) is 10.8. The standard InChI is InChI=1S/C12H10BrN3O/c1-8-4-11(17-16-8)7-15-10-3-2-9(6-14)12(13)5-10/h2-5,15H,7H2,1H3. The highest BCUT2D eigenvalue weighted by Crippen LogP contribution is 2.21. The van der Waals surface area contributed by atoms with Crippen molar-refractivity contribution in [2.45, 2.75) is 13.5 Å². The monoisotopic (exact) mass is 291 g/mol. The fraction of sp³-hybridized carbons (Fsp3) is 0.167. The van der Waals surface area contributed by atoms with Gasteiger partial charge in [-0.2, -0.15) is 5.26 Å². The minimum atomic E-state index is 0.569. The number of nitrogens with zero attached hydrogens (tertiary/aromatic N) is 2. The van der Waals surface area contributed by atoms with E-state index < -0.39 is 0 Å². The molecule has 0 saturated heterocycles. The third-order valence-corrected chi connectivity index (χ3v) is 2.89. The van der Waals surface area contributed by atoms with E-state index in [1.807, 2.05) is 25.1 Å². The molecule has 1 aromatic heterocycles. The predicted octanol–water partition coefficient (Wildman–Crippen LogP) is 3.23. The molecule has 1 heterocycles. The van der Waals surface area contributed by atoms with Crippen LogP contribution >= 0.6 is 15.9 Å². The van der Waals surface area contributed by atoms with E-state index in [2.05, 4.69) is 32.5 Å². The molecule has 17 heavy (non-hydrogen) atoms. The summed E-state index contributed by atoms with van der Waals surface area (Å²) >= 11 is 3.34. The first-order chi connectivity index (χ1) is 8.19. The molecule has 0 spiro atoms. The maximum absolute atomic E-state index is 8.80. The zero-order chi connectivity index (χ0) is 12.3. The van der Waals surface area contributed by atoms with Gasteiger partial charge in [0.05, 0.1) is 17.8 Å². The van der Waals surface area contributed by atoms with Crippen LogP contribution in [0.3, 0.4) is 0 Å². The molecule has 1 aromatic carbocycles. The van der Waals surface area contributed by atoms with Gasteiger partial charge < -0.3 is 9.84 Å². The molecule has 2 aromatic rings. The lowest BCUT2D eigenvalue weighted by molar-refractivity contribution is 0.384. The van der Waals surface area contributed by atoms with Crippen LogP contribution in [0.15, 0.2) is 33.3 Å². The van der Waals surface area contributed by atoms with Crippen LogP contribution in [0.1, 0.15) is 17.0 Å². The number of nitriles is 1. The Morgan fingerprint density at radius 1 is 1.47 bits per heavy atom. The average Bonchev–Trinajstić information content (AvgIpc) is 2.73. The van der Waals surface area contributed by atoms with Crippen LogP contribution in [-0.2, 0) is 6.54 Å². The summed E-state index contributed by atoms with van der Waals surface area (Å²) < 4.78 is 5.86. The molecule has 1 N–H and O–H groups in total. The number of benzene rings is 1. The summed E-state index contributed by atoms with van der Waals surface area (Å²) in [6.45, 7) is 2.45. The number of anilines is 1. The molecular formula is C12H10BrN3O. The van der Waals surface area contributed by atoms with Crippen molar-refractivity contribution in [1.29, 1.82) is 5.26 Å². The van der Waals surface area contributed by atoms with Crippen LogP contribution in [-0.4, -0.2) is 5.16 Å². The lowest BCUT2D eigenvalue weighted by Crippen LogP contribution is -1.98. The largest absolute Gasteiger partial charge is 0.378 e. The molecule has 0 saturated carbocycles. The van der Waals surface area contributed by atoms with Crippen molar-refractivity contribution < 1.29 is 4.52 Å². The van der Waals surface area contributed by atoms with Crippen molar-refractivity contribution in [3.05, 3.63) is 45.8 Å². The summed E-state index contributed by atoms with van der Waals surface area (Å²) in [6.07, 6.45) is 0. The summed E-state index contributed by atoms with van der Waals surface area (Å²) in [7, 11) is 0. The van der Waals surface area contributed by atoms with E-state index in [1.54, 1.807) is 6.07 Å². The van der Waals surface area contributed by atoms with Crippen LogP contribution < -0.4 is 5.32 Å². The van der Waals surface area contributed by atoms with Gasteiger partial charge in [0, 0.05) is 16.2 Å². The Kier molecular flexibility index (Phi) is 3.45. The van der Waals surface area contributed by atoms with Crippen LogP contribution in [0, 0.1) is 18.3 Å². The fourth-order valence-electron chi connectivity index (χ4n) is 1.40. The Hall–Kier alpha value is -1.80. The summed E-state index contributed by atoms with van der Waals surface area (Å²) in [5.41, 5.74) is 2.40. The first-order valence-electron chi connectivity index (χ1n) is 5.05. The van der Waals surface area contributed by atoms with Gasteiger partial charge >= 0.3 is 0 Å². The predicted molar refractivity (Wildman–Crippen MR) is 67.4 cm³/mol. The maximum atomic E-state index is 8.80. The second-order valence-corrected chi connectivity index (χ2v) is 4.45. The van der Waals surface area contributed by atoms with Gasteiger partial charge in [0.15, 0.2) is 5.76 Å². The van der Waals surface area contributed by atoms with E-state index in [9.17, 15) is 0 Å². The second kappa shape index (κ2) is 5.02. The molecule has 0 amide bonds. The lowest BCUT2D eigenvalue weighted by Gasteiger charge is -2.04. The molecule has 0 radical (unpaired) electrons. The minimum Gasteiger partial charge on any atom is -0.378 e. The summed E-state index contributed by atoms with van der Waals surface area (Å²) in [5.74, 6) is 0.781. The minimum absolute atomic E-state index is 0.569. The topological polar surface area (TPSA) is 61.9 Å². The quantitative estimate of drug-likeness (QED) is 0.943. The smallest absolute Gasteiger partial charge is 0.156 e. The summed E-state index contributed by atoms with van der Waals surface area (Å²) in [6, 6.07) is 9.46. The molecule has 0 aliphatic carbocycles. The highest BCUT2D eigenvalue weighted by molar-refractivity contribution is 9.10. The number of hydrogen-bond donors (Lipinski definition) is 1. The Labute approximate surface area is 107 Å². The van der Waals surface area contributed by atoms with Crippen LogP contribution in [0.5, 0.6) is 0 Å². The van der Waals surface area contributed by atoms with Crippen molar-refractivity contribution in [1.82, 2.24) is 5.16 Å². The Bertz CT molecular complexity index is 571. The van der Waals surface area contributed by atoms with Gasteiger partial charge in [0.2, 0.25) is 0 Å². The van der Waals surface area contributed by atoms with E-state index in [-0.39, 0.29) is 0 Å². The van der Waals surface area contributed by atoms with Gasteiger partial charge in [-0.15, -0.1) is 0 Å². The summed E-state index contributed by atoms with van der Waals surface area (Å²) in [4.78, 5) is 0. The van der Waals surface area contributed by atoms with Gasteiger partial charge in [-0.25, -0.2) is 0 Å². The molecule has 0 bridgehead atoms. The molecule has 0 unspecified atom stereocenters. The number of nitrogens with one attached hydrogen (secondary N) is 1. The molecular weight excluding hydrogens is 282 g/mol. The van der Waals surface area contributed by atoms with Gasteiger partial charge in [-0.05, 0) is 41.1 Å². The fourth-order valence-corrected chi connectivity index (χ4v) is 1.87. The normalized spacial score (nSPS) is 9.94. The van der Waals surface area contributed by atoms with Gasteiger partial charge in [0.1, 0.15) is 6.07 Å².